The summed E-state index contributed by atoms with van der Waals surface area (Å²) >= 11 is 0. The molecule has 4 aromatic carbocycles. The number of aliphatic carboxylic acids is 1. The van der Waals surface area contributed by atoms with Crippen molar-refractivity contribution in [3.05, 3.63) is 133 Å². The first kappa shape index (κ1) is 41.3. The maximum Gasteiger partial charge on any atom is 0.341 e. The molecule has 0 aliphatic carbocycles. The normalized spacial score (nSPS) is 16.5. The Kier molecular flexibility index (Phi) is 13.0. The summed E-state index contributed by atoms with van der Waals surface area (Å²) in [6, 6.07) is 35.4. The maximum absolute atomic E-state index is 15.1. The minimum atomic E-state index is -3.09. The lowest BCUT2D eigenvalue weighted by molar-refractivity contribution is -0.154. The van der Waals surface area contributed by atoms with Gasteiger partial charge in [0.2, 0.25) is 5.91 Å². The number of amides is 1. The van der Waals surface area contributed by atoms with Crippen molar-refractivity contribution in [3.8, 4) is 5.75 Å². The topological polar surface area (TPSA) is 110 Å². The van der Waals surface area contributed by atoms with Gasteiger partial charge >= 0.3 is 5.97 Å². The van der Waals surface area contributed by atoms with E-state index in [1.165, 1.54) is 0 Å². The number of carboxylic acid groups (broad SMARTS) is 1. The molecular weight excluding hydrogens is 726 g/mol. The van der Waals surface area contributed by atoms with Gasteiger partial charge in [0.25, 0.3) is 0 Å². The highest BCUT2D eigenvalue weighted by Crippen LogP contribution is 2.51. The molecule has 1 amide bonds. The van der Waals surface area contributed by atoms with Crippen LogP contribution in [0.25, 0.3) is 0 Å². The molecule has 1 heterocycles. The molecule has 10 heteroatoms. The zero-order chi connectivity index (χ0) is 40.0. The maximum atomic E-state index is 15.1. The number of likely N-dealkylation sites (tertiary alicyclic amines) is 1. The number of β-lactam (4-membered cyclic amide) rings is 1. The van der Waals surface area contributed by atoms with Gasteiger partial charge in [-0.25, -0.2) is 4.79 Å². The molecule has 0 bridgehead atoms. The molecule has 288 valence electrons. The van der Waals surface area contributed by atoms with E-state index in [0.29, 0.717) is 23.2 Å². The smallest absolute Gasteiger partial charge is 0.341 e. The number of rotatable bonds is 17. The average Bonchev–Trinajstić information content (AvgIpc) is 3.16. The number of hydrogen-bond donors (Lipinski definition) is 1. The third-order valence-corrected chi connectivity index (χ3v) is 19.7. The zero-order valence-corrected chi connectivity index (χ0v) is 34.5. The van der Waals surface area contributed by atoms with E-state index in [1.807, 2.05) is 97.9 Å². The van der Waals surface area contributed by atoms with Crippen LogP contribution in [0.1, 0.15) is 57.3 Å². The van der Waals surface area contributed by atoms with Crippen LogP contribution < -0.4 is 20.7 Å². The molecular formula is C45H52NO7PSi. The summed E-state index contributed by atoms with van der Waals surface area (Å²) in [6.45, 7) is 13.0. The van der Waals surface area contributed by atoms with Crippen molar-refractivity contribution < 1.29 is 33.4 Å². The molecule has 0 unspecified atom stereocenters. The Morgan fingerprint density at radius 1 is 0.855 bits per heavy atom. The number of hydrogen-bond acceptors (Lipinski definition) is 6. The fourth-order valence-corrected chi connectivity index (χ4v) is 13.0. The molecule has 1 fully saturated rings. The van der Waals surface area contributed by atoms with Crippen molar-refractivity contribution >= 4 is 60.0 Å². The molecule has 55 heavy (non-hydrogen) atoms. The van der Waals surface area contributed by atoms with E-state index in [1.54, 1.807) is 35.2 Å². The SMILES string of the molecule is C=CCCC(=O)C(N1C(=O)[C@H]([C@H](C)O[Si](C)(C)C(C)(C)C)[C@H]1CC(=O)c1ccc(OCC(=O)O)cc1)=P(c1ccccc1)(c1ccccc1)c1ccccc1. The number of benzene rings is 4. The minimum Gasteiger partial charge on any atom is -0.482 e. The lowest BCUT2D eigenvalue weighted by Gasteiger charge is -2.53. The predicted octanol–water partition coefficient (Wildman–Crippen LogP) is 7.62. The van der Waals surface area contributed by atoms with Gasteiger partial charge < -0.3 is 19.2 Å². The second-order valence-corrected chi connectivity index (χ2v) is 23.5. The Labute approximate surface area is 326 Å². The predicted molar refractivity (Wildman–Crippen MR) is 225 cm³/mol. The number of carbonyl (C=O) groups excluding carboxylic acids is 3. The fraction of sp³-hybridized carbons (Fsp3) is 0.311. The van der Waals surface area contributed by atoms with Gasteiger partial charge in [-0.15, -0.1) is 6.58 Å². The van der Waals surface area contributed by atoms with Crippen LogP contribution in [0.3, 0.4) is 0 Å². The lowest BCUT2D eigenvalue weighted by atomic mass is 9.79. The van der Waals surface area contributed by atoms with Gasteiger partial charge in [0.1, 0.15) is 5.75 Å². The molecule has 1 saturated heterocycles. The summed E-state index contributed by atoms with van der Waals surface area (Å²) in [5.74, 6) is -2.12. The largest absolute Gasteiger partial charge is 0.482 e. The number of ether oxygens (including phenoxy) is 1. The Bertz CT molecular complexity index is 1960. The molecule has 1 N–H and O–H groups in total. The molecule has 0 spiro atoms. The van der Waals surface area contributed by atoms with E-state index in [9.17, 15) is 9.59 Å². The second kappa shape index (κ2) is 17.3. The van der Waals surface area contributed by atoms with E-state index >= 15 is 9.59 Å². The van der Waals surface area contributed by atoms with E-state index in [0.717, 1.165) is 15.9 Å². The van der Waals surface area contributed by atoms with Gasteiger partial charge in [-0.3, -0.25) is 14.4 Å². The van der Waals surface area contributed by atoms with E-state index in [4.69, 9.17) is 14.3 Å². The molecule has 4 aromatic rings. The van der Waals surface area contributed by atoms with Crippen LogP contribution in [-0.4, -0.2) is 65.9 Å². The molecule has 0 radical (unpaired) electrons. The zero-order valence-electron chi connectivity index (χ0n) is 32.6. The summed E-state index contributed by atoms with van der Waals surface area (Å²) in [5, 5.41) is 11.7. The van der Waals surface area contributed by atoms with Gasteiger partial charge in [0, 0.05) is 25.3 Å². The summed E-state index contributed by atoms with van der Waals surface area (Å²) < 4.78 is 12.2. The Hall–Kier alpha value is -4.82. The van der Waals surface area contributed by atoms with Crippen molar-refractivity contribution in [2.75, 3.05) is 6.61 Å². The average molecular weight is 778 g/mol. The van der Waals surface area contributed by atoms with Gasteiger partial charge in [0.05, 0.1) is 23.5 Å². The first-order chi connectivity index (χ1) is 26.1. The molecule has 0 saturated carbocycles. The van der Waals surface area contributed by atoms with E-state index in [2.05, 4.69) is 40.4 Å². The molecule has 1 aliphatic rings. The van der Waals surface area contributed by atoms with Crippen molar-refractivity contribution in [1.29, 1.82) is 0 Å². The first-order valence-electron chi connectivity index (χ1n) is 18.7. The van der Waals surface area contributed by atoms with Crippen LogP contribution in [0, 0.1) is 5.92 Å². The summed E-state index contributed by atoms with van der Waals surface area (Å²) in [4.78, 5) is 57.2. The molecule has 1 aliphatic heterocycles. The summed E-state index contributed by atoms with van der Waals surface area (Å²) in [6.07, 6.45) is 1.67. The van der Waals surface area contributed by atoms with Crippen molar-refractivity contribution in [2.45, 2.75) is 77.2 Å². The van der Waals surface area contributed by atoms with Gasteiger partial charge in [0.15, 0.2) is 26.5 Å². The van der Waals surface area contributed by atoms with Gasteiger partial charge in [-0.05, 0) is 71.7 Å². The number of carboxylic acids is 1. The van der Waals surface area contributed by atoms with Crippen molar-refractivity contribution in [3.63, 3.8) is 0 Å². The van der Waals surface area contributed by atoms with E-state index in [-0.39, 0.29) is 35.4 Å². The standard InChI is InChI=1S/C45H52NO7PSi/c1-8-9-25-39(47)44(54(35-19-13-10-14-20-35,36-21-15-11-16-22-36)37-23-17-12-18-24-37)46-38(42(43(46)51)32(2)53-55(6,7)45(3,4)5)30-40(48)33-26-28-34(29-27-33)52-31-41(49)50/h8,10-24,26-29,32,38,42H,1,9,25,30-31H2,2-7H3,(H,49,50)/t32-,38+,42+/m0/s1. The van der Waals surface area contributed by atoms with Crippen molar-refractivity contribution in [2.24, 2.45) is 5.92 Å². The van der Waals surface area contributed by atoms with Crippen LogP contribution in [0.5, 0.6) is 5.75 Å². The third kappa shape index (κ3) is 8.70. The number of Topliss-reactive ketones (excluding diaryl/α,β-unsaturated/α-hetero) is 2. The molecule has 0 aromatic heterocycles. The number of nitrogens with zero attached hydrogens (tertiary/aromatic N) is 1. The van der Waals surface area contributed by atoms with Crippen molar-refractivity contribution in [1.82, 2.24) is 4.90 Å². The molecule has 3 atom stereocenters. The van der Waals surface area contributed by atoms with Crippen LogP contribution in [0.2, 0.25) is 18.1 Å². The number of carbonyl (C=O) groups is 4. The molecule has 8 nitrogen and oxygen atoms in total. The Morgan fingerprint density at radius 3 is 1.78 bits per heavy atom. The van der Waals surface area contributed by atoms with Crippen LogP contribution in [0.15, 0.2) is 128 Å². The Balaban J connectivity index is 1.78. The highest BCUT2D eigenvalue weighted by atomic mass is 31.2. The monoisotopic (exact) mass is 777 g/mol. The summed E-state index contributed by atoms with van der Waals surface area (Å²) in [7, 11) is -2.37. The highest BCUT2D eigenvalue weighted by molar-refractivity contribution is 7.96. The quantitative estimate of drug-likeness (QED) is 0.0386. The number of ketones is 2. The van der Waals surface area contributed by atoms with Crippen LogP contribution in [0.4, 0.5) is 0 Å². The van der Waals surface area contributed by atoms with Gasteiger partial charge in [-0.2, -0.15) is 0 Å². The number of allylic oxidation sites excluding steroid dienone is 1. The lowest BCUT2D eigenvalue weighted by Crippen LogP contribution is -2.69. The second-order valence-electron chi connectivity index (χ2n) is 15.5. The fourth-order valence-electron chi connectivity index (χ4n) is 7.06. The third-order valence-electron chi connectivity index (χ3n) is 10.8. The van der Waals surface area contributed by atoms with Crippen LogP contribution in [-0.2, 0) is 18.8 Å². The Morgan fingerprint density at radius 2 is 1.35 bits per heavy atom. The molecule has 5 rings (SSSR count). The minimum absolute atomic E-state index is 0.0620. The van der Waals surface area contributed by atoms with E-state index < -0.39 is 45.8 Å². The van der Waals surface area contributed by atoms with Gasteiger partial charge in [-0.1, -0.05) is 118 Å². The first-order valence-corrected chi connectivity index (χ1v) is 23.4. The van der Waals surface area contributed by atoms with Crippen LogP contribution >= 0.6 is 6.89 Å². The summed E-state index contributed by atoms with van der Waals surface area (Å²) in [5.41, 5.74) is 0.780. The highest BCUT2D eigenvalue weighted by Gasteiger charge is 2.56.